The SMILES string of the molecule is CC1CC2(NCCS2)C2(O)OC3CC4(C=O)C(CCC5C4CCC4(C)C(C6=CC(=O)OC6)CC(O)C54O)CC3OC2O1. The topological polar surface area (TPSA) is 144 Å². The Balaban J connectivity index is 1.11. The maximum Gasteiger partial charge on any atom is 0.331 e. The highest BCUT2D eigenvalue weighted by atomic mass is 32.2. The van der Waals surface area contributed by atoms with Gasteiger partial charge in [-0.05, 0) is 81.1 Å². The largest absolute Gasteiger partial charge is 0.458 e. The van der Waals surface area contributed by atoms with Crippen molar-refractivity contribution in [2.75, 3.05) is 18.9 Å². The fraction of sp³-hybridized carbons (Fsp3) is 0.871. The molecule has 232 valence electrons. The minimum Gasteiger partial charge on any atom is -0.458 e. The molecule has 14 unspecified atom stereocenters. The number of hydrogen-bond donors (Lipinski definition) is 4. The van der Waals surface area contributed by atoms with E-state index in [1.807, 2.05) is 13.8 Å². The van der Waals surface area contributed by atoms with Crippen LogP contribution >= 0.6 is 11.8 Å². The minimum atomic E-state index is -1.69. The predicted octanol–water partition coefficient (Wildman–Crippen LogP) is 1.64. The quantitative estimate of drug-likeness (QED) is 0.207. The van der Waals surface area contributed by atoms with E-state index in [4.69, 9.17) is 18.9 Å². The molecule has 0 amide bonds. The van der Waals surface area contributed by atoms with Crippen molar-refractivity contribution in [1.29, 1.82) is 0 Å². The molecule has 14 atom stereocenters. The first-order valence-corrected chi connectivity index (χ1v) is 16.8. The Hall–Kier alpha value is -1.05. The summed E-state index contributed by atoms with van der Waals surface area (Å²) in [6.07, 6.45) is 4.64. The van der Waals surface area contributed by atoms with Crippen LogP contribution in [0.4, 0.5) is 0 Å². The summed E-state index contributed by atoms with van der Waals surface area (Å²) < 4.78 is 24.5. The van der Waals surface area contributed by atoms with Crippen LogP contribution < -0.4 is 5.32 Å². The van der Waals surface area contributed by atoms with Crippen molar-refractivity contribution in [3.63, 3.8) is 0 Å². The number of thioether (sulfide) groups is 1. The fourth-order valence-electron chi connectivity index (χ4n) is 11.2. The Labute approximate surface area is 250 Å². The fourth-order valence-corrected chi connectivity index (χ4v) is 12.7. The van der Waals surface area contributed by atoms with E-state index in [0.717, 1.165) is 37.0 Å². The molecule has 0 bridgehead atoms. The summed E-state index contributed by atoms with van der Waals surface area (Å²) in [5, 5.41) is 39.7. The summed E-state index contributed by atoms with van der Waals surface area (Å²) in [5.74, 6) is -1.73. The van der Waals surface area contributed by atoms with Gasteiger partial charge in [0.2, 0.25) is 12.1 Å². The van der Waals surface area contributed by atoms with Gasteiger partial charge in [-0.3, -0.25) is 5.32 Å². The van der Waals surface area contributed by atoms with E-state index in [1.165, 1.54) is 6.08 Å². The molecule has 8 aliphatic rings. The summed E-state index contributed by atoms with van der Waals surface area (Å²) >= 11 is 1.65. The highest BCUT2D eigenvalue weighted by molar-refractivity contribution is 8.01. The number of fused-ring (bicyclic) bond motifs is 8. The maximum atomic E-state index is 13.4. The van der Waals surface area contributed by atoms with Crippen molar-refractivity contribution in [2.24, 2.45) is 34.5 Å². The van der Waals surface area contributed by atoms with E-state index in [2.05, 4.69) is 5.32 Å². The molecule has 4 aliphatic carbocycles. The number of hydrogen-bond acceptors (Lipinski definition) is 11. The molecular formula is C31H43NO9S. The molecule has 11 heteroatoms. The average molecular weight is 606 g/mol. The summed E-state index contributed by atoms with van der Waals surface area (Å²) in [4.78, 5) is 24.5. The Morgan fingerprint density at radius 2 is 1.93 bits per heavy atom. The van der Waals surface area contributed by atoms with Crippen LogP contribution in [-0.2, 0) is 28.5 Å². The molecule has 42 heavy (non-hydrogen) atoms. The van der Waals surface area contributed by atoms with E-state index in [1.54, 1.807) is 11.8 Å². The second kappa shape index (κ2) is 9.25. The van der Waals surface area contributed by atoms with Gasteiger partial charge in [0.25, 0.3) is 0 Å². The molecule has 8 rings (SSSR count). The van der Waals surface area contributed by atoms with Crippen molar-refractivity contribution >= 4 is 24.0 Å². The van der Waals surface area contributed by atoms with Gasteiger partial charge in [0.15, 0.2) is 0 Å². The number of nitrogens with one attached hydrogen (secondary N) is 1. The number of ether oxygens (including phenoxy) is 4. The van der Waals surface area contributed by atoms with Crippen molar-refractivity contribution in [1.82, 2.24) is 5.32 Å². The highest BCUT2D eigenvalue weighted by Gasteiger charge is 2.74. The van der Waals surface area contributed by atoms with Gasteiger partial charge in [0.05, 0.1) is 30.0 Å². The zero-order valence-electron chi connectivity index (χ0n) is 24.3. The van der Waals surface area contributed by atoms with Crippen LogP contribution in [0.1, 0.15) is 65.2 Å². The van der Waals surface area contributed by atoms with Gasteiger partial charge in [0, 0.05) is 35.6 Å². The molecular weight excluding hydrogens is 562 g/mol. The molecule has 0 aromatic rings. The maximum absolute atomic E-state index is 13.4. The lowest BCUT2D eigenvalue weighted by Gasteiger charge is -2.65. The number of rotatable bonds is 2. The van der Waals surface area contributed by atoms with Crippen LogP contribution in [0, 0.1) is 34.5 Å². The molecule has 10 nitrogen and oxygen atoms in total. The van der Waals surface area contributed by atoms with E-state index >= 15 is 0 Å². The Bertz CT molecular complexity index is 1210. The molecule has 3 saturated heterocycles. The van der Waals surface area contributed by atoms with E-state index < -0.39 is 45.6 Å². The number of aliphatic hydroxyl groups is 3. The predicted molar refractivity (Wildman–Crippen MR) is 150 cm³/mol. The monoisotopic (exact) mass is 605 g/mol. The lowest BCUT2D eigenvalue weighted by molar-refractivity contribution is -0.448. The van der Waals surface area contributed by atoms with Crippen LogP contribution in [0.3, 0.4) is 0 Å². The lowest BCUT2D eigenvalue weighted by atomic mass is 9.42. The highest BCUT2D eigenvalue weighted by Crippen LogP contribution is 2.70. The molecule has 4 aliphatic heterocycles. The Morgan fingerprint density at radius 3 is 2.64 bits per heavy atom. The van der Waals surface area contributed by atoms with Gasteiger partial charge in [-0.15, -0.1) is 11.8 Å². The normalized spacial score (nSPS) is 58.3. The van der Waals surface area contributed by atoms with E-state index in [0.29, 0.717) is 38.5 Å². The third-order valence-electron chi connectivity index (χ3n) is 13.1. The van der Waals surface area contributed by atoms with Gasteiger partial charge in [-0.1, -0.05) is 6.92 Å². The zero-order chi connectivity index (χ0) is 29.3. The van der Waals surface area contributed by atoms with Gasteiger partial charge in [-0.2, -0.15) is 0 Å². The smallest absolute Gasteiger partial charge is 0.331 e. The van der Waals surface area contributed by atoms with Crippen LogP contribution in [0.25, 0.3) is 0 Å². The zero-order valence-corrected chi connectivity index (χ0v) is 25.1. The van der Waals surface area contributed by atoms with Crippen molar-refractivity contribution in [3.8, 4) is 0 Å². The number of cyclic esters (lactones) is 1. The number of carbonyl (C=O) groups excluding carboxylic acids is 2. The first-order valence-electron chi connectivity index (χ1n) is 15.8. The van der Waals surface area contributed by atoms with Crippen molar-refractivity contribution in [3.05, 3.63) is 11.6 Å². The number of esters is 1. The molecule has 0 radical (unpaired) electrons. The summed E-state index contributed by atoms with van der Waals surface area (Å²) in [6.45, 7) is 5.01. The standard InChI is InChI=1S/C31H43NO9S/c1-16-12-29(32-7-8-42-29)31(37)26(39-16)40-22-10-18-3-4-20-19(28(18,15-33)13-23(22)41-31)5-6-27(2)21(11-24(34)30(20,27)36)17-9-25(35)38-14-17/h9,15-16,18-24,26,32,34,36-37H,3-8,10-14H2,1-2H3. The van der Waals surface area contributed by atoms with E-state index in [9.17, 15) is 24.9 Å². The second-order valence-corrected chi connectivity index (χ2v) is 16.1. The summed E-state index contributed by atoms with van der Waals surface area (Å²) in [5.41, 5.74) is -1.94. The van der Waals surface area contributed by atoms with Crippen molar-refractivity contribution < 1.29 is 43.9 Å². The second-order valence-electron chi connectivity index (χ2n) is 14.7. The number of carbonyl (C=O) groups is 2. The number of aldehydes is 1. The van der Waals surface area contributed by atoms with E-state index in [-0.39, 0.29) is 48.5 Å². The molecule has 1 spiro atoms. The minimum absolute atomic E-state index is 0.0482. The molecule has 7 fully saturated rings. The molecule has 0 aromatic carbocycles. The third kappa shape index (κ3) is 3.43. The Morgan fingerprint density at radius 1 is 1.10 bits per heavy atom. The van der Waals surface area contributed by atoms with Crippen LogP contribution in [-0.4, -0.2) is 93.4 Å². The lowest BCUT2D eigenvalue weighted by Crippen LogP contribution is -2.76. The summed E-state index contributed by atoms with van der Waals surface area (Å²) in [7, 11) is 0. The van der Waals surface area contributed by atoms with Gasteiger partial charge >= 0.3 is 5.97 Å². The van der Waals surface area contributed by atoms with Crippen LogP contribution in [0.15, 0.2) is 11.6 Å². The van der Waals surface area contributed by atoms with Gasteiger partial charge < -0.3 is 39.1 Å². The average Bonchev–Trinajstić information content (AvgIpc) is 3.66. The summed E-state index contributed by atoms with van der Waals surface area (Å²) in [6, 6.07) is 0. The molecule has 4 N–H and O–H groups in total. The first kappa shape index (κ1) is 28.4. The van der Waals surface area contributed by atoms with Crippen LogP contribution in [0.2, 0.25) is 0 Å². The molecule has 4 heterocycles. The Kier molecular flexibility index (Phi) is 6.26. The van der Waals surface area contributed by atoms with Gasteiger partial charge in [0.1, 0.15) is 17.8 Å². The first-order chi connectivity index (χ1) is 20.0. The molecule has 4 saturated carbocycles. The molecule has 0 aromatic heterocycles. The van der Waals surface area contributed by atoms with Crippen LogP contribution in [0.5, 0.6) is 0 Å². The van der Waals surface area contributed by atoms with Crippen molar-refractivity contribution in [2.45, 2.75) is 112 Å². The third-order valence-corrected chi connectivity index (χ3v) is 14.6. The number of aliphatic hydroxyl groups excluding tert-OH is 1. The van der Waals surface area contributed by atoms with Gasteiger partial charge in [-0.25, -0.2) is 4.79 Å².